The Balaban J connectivity index is 1.70. The van der Waals surface area contributed by atoms with Crippen molar-refractivity contribution >= 4 is 56.4 Å². The number of ether oxygens (including phenoxy) is 1. The van der Waals surface area contributed by atoms with Gasteiger partial charge in [-0.1, -0.05) is 68.9 Å². The van der Waals surface area contributed by atoms with Crippen molar-refractivity contribution in [3.8, 4) is 5.75 Å². The molecule has 3 rings (SSSR count). The van der Waals surface area contributed by atoms with Gasteiger partial charge in [0, 0.05) is 27.3 Å². The third-order valence-corrected chi connectivity index (χ3v) is 5.48. The molecule has 0 aromatic heterocycles. The molecule has 0 bridgehead atoms. The standard InChI is InChI=1S/C21H17BrCl3NO/c1-13-8-16(22)6-7-20(13)26-11-14-9-18(24)21(19(25)10-14)27-12-15-4-2-3-5-17(15)23/h2-10,26H,11-12H2,1H3. The van der Waals surface area contributed by atoms with Crippen LogP contribution in [-0.4, -0.2) is 0 Å². The van der Waals surface area contributed by atoms with Crippen LogP contribution in [0.3, 0.4) is 0 Å². The molecular weight excluding hydrogens is 469 g/mol. The van der Waals surface area contributed by atoms with Crippen LogP contribution in [0.15, 0.2) is 59.1 Å². The number of anilines is 1. The number of aryl methyl sites for hydroxylation is 1. The maximum atomic E-state index is 6.40. The molecule has 0 radical (unpaired) electrons. The molecule has 0 fully saturated rings. The molecule has 0 amide bonds. The van der Waals surface area contributed by atoms with Gasteiger partial charge in [0.2, 0.25) is 0 Å². The Morgan fingerprint density at radius 1 is 0.926 bits per heavy atom. The van der Waals surface area contributed by atoms with Crippen molar-refractivity contribution in [2.75, 3.05) is 5.32 Å². The van der Waals surface area contributed by atoms with Gasteiger partial charge in [-0.05, 0) is 54.4 Å². The quantitative estimate of drug-likeness (QED) is 0.383. The van der Waals surface area contributed by atoms with Crippen LogP contribution >= 0.6 is 50.7 Å². The van der Waals surface area contributed by atoms with E-state index in [-0.39, 0.29) is 0 Å². The highest BCUT2D eigenvalue weighted by Gasteiger charge is 2.11. The predicted molar refractivity (Wildman–Crippen MR) is 118 cm³/mol. The van der Waals surface area contributed by atoms with Gasteiger partial charge < -0.3 is 10.1 Å². The highest BCUT2D eigenvalue weighted by molar-refractivity contribution is 9.10. The molecule has 6 heteroatoms. The van der Waals surface area contributed by atoms with Gasteiger partial charge in [0.05, 0.1) is 10.0 Å². The molecule has 0 spiro atoms. The average molecular weight is 486 g/mol. The number of hydrogen-bond acceptors (Lipinski definition) is 2. The Bertz CT molecular complexity index is 939. The van der Waals surface area contributed by atoms with Crippen molar-refractivity contribution in [1.29, 1.82) is 0 Å². The minimum Gasteiger partial charge on any atom is -0.486 e. The normalized spacial score (nSPS) is 10.7. The SMILES string of the molecule is Cc1cc(Br)ccc1NCc1cc(Cl)c(OCc2ccccc2Cl)c(Cl)c1. The van der Waals surface area contributed by atoms with Crippen LogP contribution in [0.5, 0.6) is 5.75 Å². The minimum atomic E-state index is 0.300. The van der Waals surface area contributed by atoms with Gasteiger partial charge in [-0.15, -0.1) is 0 Å². The van der Waals surface area contributed by atoms with Crippen molar-refractivity contribution in [1.82, 2.24) is 0 Å². The van der Waals surface area contributed by atoms with E-state index < -0.39 is 0 Å². The molecule has 140 valence electrons. The van der Waals surface area contributed by atoms with Crippen LogP contribution in [0.1, 0.15) is 16.7 Å². The molecule has 1 N–H and O–H groups in total. The summed E-state index contributed by atoms with van der Waals surface area (Å²) in [5, 5.41) is 4.99. The fraction of sp³-hybridized carbons (Fsp3) is 0.143. The molecule has 0 aliphatic carbocycles. The maximum Gasteiger partial charge on any atom is 0.156 e. The highest BCUT2D eigenvalue weighted by Crippen LogP contribution is 2.35. The smallest absolute Gasteiger partial charge is 0.156 e. The zero-order valence-corrected chi connectivity index (χ0v) is 18.4. The Hall–Kier alpha value is -1.39. The van der Waals surface area contributed by atoms with Crippen LogP contribution in [0.25, 0.3) is 0 Å². The molecule has 0 heterocycles. The van der Waals surface area contributed by atoms with Gasteiger partial charge in [0.15, 0.2) is 5.75 Å². The zero-order valence-electron chi connectivity index (χ0n) is 14.5. The Morgan fingerprint density at radius 2 is 1.63 bits per heavy atom. The summed E-state index contributed by atoms with van der Waals surface area (Å²) in [5.41, 5.74) is 4.06. The van der Waals surface area contributed by atoms with Crippen molar-refractivity contribution in [3.05, 3.63) is 90.8 Å². The Labute approximate surface area is 182 Å². The second-order valence-electron chi connectivity index (χ2n) is 6.08. The summed E-state index contributed by atoms with van der Waals surface area (Å²) in [4.78, 5) is 0. The molecule has 3 aromatic carbocycles. The number of hydrogen-bond donors (Lipinski definition) is 1. The molecule has 0 aliphatic heterocycles. The van der Waals surface area contributed by atoms with Gasteiger partial charge in [-0.2, -0.15) is 0 Å². The lowest BCUT2D eigenvalue weighted by Crippen LogP contribution is -2.02. The zero-order chi connectivity index (χ0) is 19.4. The number of benzene rings is 3. The number of halogens is 4. The third kappa shape index (κ3) is 5.32. The van der Waals surface area contributed by atoms with E-state index >= 15 is 0 Å². The molecule has 0 aliphatic rings. The first kappa shape index (κ1) is 20.3. The van der Waals surface area contributed by atoms with Crippen LogP contribution < -0.4 is 10.1 Å². The maximum absolute atomic E-state index is 6.40. The predicted octanol–water partition coefficient (Wildman–Crippen LogP) is 7.91. The second-order valence-corrected chi connectivity index (χ2v) is 8.22. The Kier molecular flexibility index (Phi) is 6.93. The van der Waals surface area contributed by atoms with Gasteiger partial charge >= 0.3 is 0 Å². The summed E-state index contributed by atoms with van der Waals surface area (Å²) in [7, 11) is 0. The van der Waals surface area contributed by atoms with Gasteiger partial charge in [-0.3, -0.25) is 0 Å². The molecular formula is C21H17BrCl3NO. The second kappa shape index (κ2) is 9.20. The van der Waals surface area contributed by atoms with Gasteiger partial charge in [0.1, 0.15) is 6.61 Å². The molecule has 27 heavy (non-hydrogen) atoms. The van der Waals surface area contributed by atoms with Crippen molar-refractivity contribution in [3.63, 3.8) is 0 Å². The van der Waals surface area contributed by atoms with E-state index in [0.29, 0.717) is 34.0 Å². The first-order valence-electron chi connectivity index (χ1n) is 8.28. The summed E-state index contributed by atoms with van der Waals surface area (Å²) >= 11 is 22.4. The van der Waals surface area contributed by atoms with Gasteiger partial charge in [0.25, 0.3) is 0 Å². The topological polar surface area (TPSA) is 21.3 Å². The van der Waals surface area contributed by atoms with E-state index in [0.717, 1.165) is 26.9 Å². The summed E-state index contributed by atoms with van der Waals surface area (Å²) in [5.74, 6) is 0.460. The lowest BCUT2D eigenvalue weighted by Gasteiger charge is -2.14. The fourth-order valence-corrected chi connectivity index (χ4v) is 3.95. The van der Waals surface area contributed by atoms with Crippen LogP contribution in [0, 0.1) is 6.92 Å². The van der Waals surface area contributed by atoms with Crippen LogP contribution in [-0.2, 0) is 13.2 Å². The summed E-state index contributed by atoms with van der Waals surface area (Å²) in [6.45, 7) is 2.96. The van der Waals surface area contributed by atoms with E-state index in [4.69, 9.17) is 39.5 Å². The molecule has 0 saturated heterocycles. The fourth-order valence-electron chi connectivity index (χ4n) is 2.64. The molecule has 0 saturated carbocycles. The monoisotopic (exact) mass is 483 g/mol. The van der Waals surface area contributed by atoms with E-state index in [1.165, 1.54) is 0 Å². The average Bonchev–Trinajstić information content (AvgIpc) is 2.61. The van der Waals surface area contributed by atoms with E-state index in [1.54, 1.807) is 0 Å². The van der Waals surface area contributed by atoms with E-state index in [1.807, 2.05) is 48.5 Å². The summed E-state index contributed by atoms with van der Waals surface area (Å²) in [6.07, 6.45) is 0. The molecule has 0 unspecified atom stereocenters. The lowest BCUT2D eigenvalue weighted by molar-refractivity contribution is 0.306. The largest absolute Gasteiger partial charge is 0.486 e. The summed E-state index contributed by atoms with van der Waals surface area (Å²) in [6, 6.07) is 17.3. The first-order valence-corrected chi connectivity index (χ1v) is 10.2. The number of nitrogens with one attached hydrogen (secondary N) is 1. The van der Waals surface area contributed by atoms with Crippen molar-refractivity contribution < 1.29 is 4.74 Å². The van der Waals surface area contributed by atoms with Crippen molar-refractivity contribution in [2.24, 2.45) is 0 Å². The lowest BCUT2D eigenvalue weighted by atomic mass is 10.1. The van der Waals surface area contributed by atoms with Crippen LogP contribution in [0.4, 0.5) is 5.69 Å². The van der Waals surface area contributed by atoms with Crippen molar-refractivity contribution in [2.45, 2.75) is 20.1 Å². The summed E-state index contributed by atoms with van der Waals surface area (Å²) < 4.78 is 6.86. The molecule has 3 aromatic rings. The number of rotatable bonds is 6. The minimum absolute atomic E-state index is 0.300. The van der Waals surface area contributed by atoms with Crippen LogP contribution in [0.2, 0.25) is 15.1 Å². The Morgan fingerprint density at radius 3 is 2.30 bits per heavy atom. The van der Waals surface area contributed by atoms with Gasteiger partial charge in [-0.25, -0.2) is 0 Å². The highest BCUT2D eigenvalue weighted by atomic mass is 79.9. The molecule has 2 nitrogen and oxygen atoms in total. The van der Waals surface area contributed by atoms with E-state index in [9.17, 15) is 0 Å². The molecule has 0 atom stereocenters. The first-order chi connectivity index (χ1) is 12.9. The third-order valence-electron chi connectivity index (χ3n) is 4.06. The van der Waals surface area contributed by atoms with E-state index in [2.05, 4.69) is 34.2 Å².